The first-order chi connectivity index (χ1) is 22.4. The van der Waals surface area contributed by atoms with Crippen LogP contribution in [0.2, 0.25) is 0 Å². The van der Waals surface area contributed by atoms with Crippen molar-refractivity contribution in [2.45, 2.75) is 49.8 Å². The molecule has 0 unspecified atom stereocenters. The number of hydrogen-bond donors (Lipinski definition) is 7. The zero-order chi connectivity index (χ0) is 44.8. The molecule has 0 aromatic carbocycles. The summed E-state index contributed by atoms with van der Waals surface area (Å²) in [6, 6.07) is 1.50. The molecule has 0 aromatic heterocycles. The Kier molecular flexibility index (Phi) is 1270. The van der Waals surface area contributed by atoms with Crippen LogP contribution in [0.3, 0.4) is 0 Å². The van der Waals surface area contributed by atoms with Crippen LogP contribution in [0.15, 0.2) is 0 Å². The van der Waals surface area contributed by atoms with Gasteiger partial charge in [-0.2, -0.15) is 6.92 Å². The Balaban J connectivity index is -0.00000000565. The summed E-state index contributed by atoms with van der Waals surface area (Å²) < 4.78 is 7.36. The van der Waals surface area contributed by atoms with E-state index >= 15 is 0 Å². The van der Waals surface area contributed by atoms with Crippen LogP contribution in [0.25, 0.3) is 0 Å². The monoisotopic (exact) mass is 2530 g/mol. The van der Waals surface area contributed by atoms with Gasteiger partial charge < -0.3 is 121 Å². The van der Waals surface area contributed by atoms with E-state index in [1.54, 1.807) is 6.92 Å². The summed E-state index contributed by atoms with van der Waals surface area (Å²) in [5, 5.41) is 56.3. The number of ether oxygens (including phenoxy) is 1. The predicted octanol–water partition coefficient (Wildman–Crippen LogP) is 12.8. The second-order valence-electron chi connectivity index (χ2n) is 2.87. The number of carboxylic acid groups (broad SMARTS) is 1. The summed E-state index contributed by atoms with van der Waals surface area (Å²) in [7, 11) is 8.51. The number of halogens is 10. The largest absolute Gasteiger partial charge is 0 e. The zero-order valence-electron chi connectivity index (χ0n) is 40.8. The minimum atomic E-state index is -1.08. The third kappa shape index (κ3) is 2130. The molecule has 0 saturated carbocycles. The quantitative estimate of drug-likeness (QED) is 0.0560. The fraction of sp³-hybridized carbons (Fsp3) is 0.531. The summed E-state index contributed by atoms with van der Waals surface area (Å²) in [5.41, 5.74) is 0. The van der Waals surface area contributed by atoms with Gasteiger partial charge in [0.05, 0.1) is 1.93 Å². The van der Waals surface area contributed by atoms with Gasteiger partial charge >= 0.3 is 64.9 Å². The zero-order valence-corrected chi connectivity index (χ0v) is 80.8. The number of aliphatic hydroxyl groups is 6. The molecule has 0 fully saturated rings. The second kappa shape index (κ2) is 369. The van der Waals surface area contributed by atoms with E-state index in [0.29, 0.717) is -0.565 Å². The molecular formula is C32H83I10NO12VY6-13. The Morgan fingerprint density at radius 1 is 0.726 bits per heavy atom. The second-order valence-corrected chi connectivity index (χ2v) is 60.1. The minimum Gasteiger partial charge on any atom is 0 e. The van der Waals surface area contributed by atoms with Crippen LogP contribution >= 0.6 is 218 Å². The van der Waals surface area contributed by atoms with Crippen LogP contribution in [-0.2, 0) is 220 Å². The SMILES string of the molecule is CC.CC(I)(I)I.CC(I)I.CCI.CCI.CO.CO.CO.CO.CO.CO[C-]=O.O.[CH-]=O.[CH2-]C.[CH2-]C#N.[CH2-]C(=O)O.[CH2-]O.[CH3-].[CH3-].[CH3-].[CH3-].[CH3-].[CH3-].[CH3-].[I][V]([I])[I].[Y].[Y].[Y].[Y].[Y].[Y]. The maximum Gasteiger partial charge on any atom is 0 e. The molecule has 394 valence electrons. The number of carbonyl (C=O) groups excluding carboxylic acids is 2. The van der Waals surface area contributed by atoms with E-state index in [1.165, 1.54) is 28.5 Å². The summed E-state index contributed by atoms with van der Waals surface area (Å²) in [4.78, 5) is 25.2. The number of aliphatic carboxylic acids is 1. The molecule has 0 aliphatic carbocycles. The fourth-order valence-electron chi connectivity index (χ4n) is 0. The van der Waals surface area contributed by atoms with E-state index in [-0.39, 0.29) is 259 Å². The molecule has 0 aliphatic heterocycles. The molecule has 0 spiro atoms. The van der Waals surface area contributed by atoms with Crippen LogP contribution in [-0.4, -0.2) is 113 Å². The summed E-state index contributed by atoms with van der Waals surface area (Å²) in [5.74, 6) is -1.08. The maximum absolute atomic E-state index is 8.89. The third-order valence-electron chi connectivity index (χ3n) is 0.0833. The van der Waals surface area contributed by atoms with E-state index in [0.717, 1.165) is 37.5 Å². The van der Waals surface area contributed by atoms with E-state index < -0.39 is 5.97 Å². The van der Waals surface area contributed by atoms with Crippen molar-refractivity contribution in [2.75, 3.05) is 51.5 Å². The van der Waals surface area contributed by atoms with Gasteiger partial charge in [0, 0.05) is 239 Å². The van der Waals surface area contributed by atoms with Gasteiger partial charge in [-0.05, 0) is 22.7 Å². The van der Waals surface area contributed by atoms with Crippen molar-refractivity contribution in [1.29, 1.82) is 5.26 Å². The van der Waals surface area contributed by atoms with Crippen molar-refractivity contribution < 1.29 is 262 Å². The van der Waals surface area contributed by atoms with E-state index in [9.17, 15) is 0 Å². The molecular weight excluding hydrogens is 2440 g/mol. The van der Waals surface area contributed by atoms with Crippen molar-refractivity contribution in [2.24, 2.45) is 0 Å². The first kappa shape index (κ1) is 213. The van der Waals surface area contributed by atoms with Gasteiger partial charge in [0.2, 0.25) is 0 Å². The van der Waals surface area contributed by atoms with E-state index in [2.05, 4.69) is 285 Å². The number of nitrogens with zero attached hydrogens (tertiary/aromatic N) is 1. The van der Waals surface area contributed by atoms with Crippen molar-refractivity contribution in [1.82, 2.24) is 0 Å². The summed E-state index contributed by atoms with van der Waals surface area (Å²) >= 11 is 23.7. The number of carbonyl (C=O) groups is 1. The molecule has 0 bridgehead atoms. The molecule has 62 heavy (non-hydrogen) atoms. The average molecular weight is 2530 g/mol. The molecule has 0 saturated heterocycles. The number of hydrogen-bond acceptors (Lipinski definition) is 11. The van der Waals surface area contributed by atoms with Crippen molar-refractivity contribution >= 4 is 237 Å². The summed E-state index contributed by atoms with van der Waals surface area (Å²) in [6.07, 6.45) is 0. The van der Waals surface area contributed by atoms with Crippen LogP contribution in [0.5, 0.6) is 0 Å². The molecule has 0 atom stereocenters. The van der Waals surface area contributed by atoms with E-state index in [1.807, 2.05) is 13.8 Å². The van der Waals surface area contributed by atoms with Gasteiger partial charge in [-0.3, -0.25) is 18.5 Å². The van der Waals surface area contributed by atoms with Gasteiger partial charge in [-0.25, -0.2) is 12.4 Å². The standard InChI is InChI=1S/C2H3I3.C2H4I2.2C2H5I.C2H2N.2C2H3O2.C2H6.C2H5.5CH4O.CH3O.CHO.7CH3.3HI.H2O.V.6Y/c1-2(3,4)5;1-2(3)4;3*1-2-3;1-4-2-3;1-2(3)4;9*1-2;;;;;;;;;;;;;;;;;;/h1H3;2H,1H3;2*2H2,1H3;1H2;1H3;1H2,(H,3,4);1-2H3;1H2,2H3;5*2H,1H3;2H,1H2;1H;7*1H3;3*1H;1H2;;;;;;;/q;;;;3*-1;;-1;;;;;;9*-1;;;;;+3;;;;;;/p-3. The Labute approximate surface area is 674 Å². The van der Waals surface area contributed by atoms with Gasteiger partial charge in [-0.1, -0.05) is 192 Å². The van der Waals surface area contributed by atoms with Crippen LogP contribution in [0, 0.1) is 91.2 Å². The number of nitriles is 1. The third-order valence-corrected chi connectivity index (χ3v) is 0.0833. The van der Waals surface area contributed by atoms with Crippen molar-refractivity contribution in [3.63, 3.8) is 0 Å². The minimum absolute atomic E-state index is 0. The molecule has 9 N–H and O–H groups in total. The first-order valence-corrected chi connectivity index (χ1v) is 33.5. The van der Waals surface area contributed by atoms with Gasteiger partial charge in [0.1, 0.15) is -0.565 Å². The number of alkyl halides is 7. The molecule has 0 rings (SSSR count). The number of carboxylic acids is 1. The van der Waals surface area contributed by atoms with Crippen LogP contribution < -0.4 is 0 Å². The smallest absolute Gasteiger partial charge is 0 e. The Morgan fingerprint density at radius 2 is 0.742 bits per heavy atom. The molecule has 30 heteroatoms. The number of aliphatic hydroxyl groups excluding tert-OH is 6. The topological polar surface area (TPSA) is 257 Å². The molecule has 0 aliphatic rings. The number of methoxy groups -OCH3 is 1. The number of rotatable bonds is 1. The normalized spacial score (nSPS) is 4.39. The van der Waals surface area contributed by atoms with Crippen molar-refractivity contribution in [3.05, 3.63) is 79.9 Å². The van der Waals surface area contributed by atoms with Gasteiger partial charge in [-0.15, -0.1) is 6.07 Å². The molecule has 6 radical (unpaired) electrons. The molecule has 0 aromatic rings. The van der Waals surface area contributed by atoms with Crippen LogP contribution in [0.1, 0.15) is 48.5 Å². The molecule has 0 amide bonds. The molecule has 13 nitrogen and oxygen atoms in total. The Bertz CT molecular complexity index is 372. The van der Waals surface area contributed by atoms with Crippen molar-refractivity contribution in [3.8, 4) is 6.07 Å². The summed E-state index contributed by atoms with van der Waals surface area (Å²) in [6.45, 7) is 27.3. The Morgan fingerprint density at radius 3 is 0.742 bits per heavy atom. The predicted molar refractivity (Wildman–Crippen MR) is 341 cm³/mol. The first-order valence-electron chi connectivity index (χ1n) is 11.2. The van der Waals surface area contributed by atoms with Gasteiger partial charge in [0.15, 0.2) is 5.97 Å². The Hall–Kier alpha value is 12.1. The van der Waals surface area contributed by atoms with Gasteiger partial charge in [0.25, 0.3) is 0 Å². The van der Waals surface area contributed by atoms with E-state index in [4.69, 9.17) is 55.4 Å². The average Bonchev–Trinajstić information content (AvgIpc) is 3.05. The molecule has 0 heterocycles. The van der Waals surface area contributed by atoms with Crippen LogP contribution in [0.4, 0.5) is 0 Å². The fourth-order valence-corrected chi connectivity index (χ4v) is 0. The maximum atomic E-state index is 8.89.